The number of aryl methyl sites for hydroxylation is 1. The highest BCUT2D eigenvalue weighted by Crippen LogP contribution is 2.37. The predicted octanol–water partition coefficient (Wildman–Crippen LogP) is 1.38. The van der Waals surface area contributed by atoms with Crippen LogP contribution in [0.5, 0.6) is 0 Å². The molecule has 2 aliphatic heterocycles. The van der Waals surface area contributed by atoms with Crippen LogP contribution in [0.15, 0.2) is 4.52 Å². The molecule has 2 aliphatic rings. The molecule has 2 saturated heterocycles. The number of hydrogen-bond acceptors (Lipinski definition) is 4. The zero-order chi connectivity index (χ0) is 9.54. The Labute approximate surface area is 83.1 Å². The molecule has 4 nitrogen and oxygen atoms in total. The van der Waals surface area contributed by atoms with E-state index < -0.39 is 0 Å². The third-order valence-electron chi connectivity index (χ3n) is 3.40. The molecule has 0 aromatic carbocycles. The summed E-state index contributed by atoms with van der Waals surface area (Å²) in [6.07, 6.45) is 5.07. The van der Waals surface area contributed by atoms with Gasteiger partial charge in [-0.25, -0.2) is 0 Å². The van der Waals surface area contributed by atoms with Gasteiger partial charge < -0.3 is 9.84 Å². The Morgan fingerprint density at radius 2 is 2.36 bits per heavy atom. The second-order valence-electron chi connectivity index (χ2n) is 4.42. The van der Waals surface area contributed by atoms with Crippen LogP contribution in [0.1, 0.15) is 43.3 Å². The summed E-state index contributed by atoms with van der Waals surface area (Å²) >= 11 is 0. The third-order valence-corrected chi connectivity index (χ3v) is 3.40. The lowest BCUT2D eigenvalue weighted by Crippen LogP contribution is -2.34. The molecule has 0 amide bonds. The summed E-state index contributed by atoms with van der Waals surface area (Å²) in [7, 11) is 0. The van der Waals surface area contributed by atoms with Gasteiger partial charge in [0.25, 0.3) is 0 Å². The lowest BCUT2D eigenvalue weighted by atomic mass is 9.99. The maximum atomic E-state index is 5.26. The minimum absolute atomic E-state index is 0.462. The topological polar surface area (TPSA) is 51.0 Å². The molecule has 1 aromatic heterocycles. The number of rotatable bonds is 1. The molecular weight excluding hydrogens is 178 g/mol. The second kappa shape index (κ2) is 3.05. The van der Waals surface area contributed by atoms with Gasteiger partial charge in [0.05, 0.1) is 5.92 Å². The van der Waals surface area contributed by atoms with Crippen molar-refractivity contribution in [2.45, 2.75) is 50.6 Å². The van der Waals surface area contributed by atoms with Crippen molar-refractivity contribution < 1.29 is 4.52 Å². The maximum Gasteiger partial charge on any atom is 0.231 e. The van der Waals surface area contributed by atoms with Crippen molar-refractivity contribution >= 4 is 0 Å². The van der Waals surface area contributed by atoms with Crippen LogP contribution < -0.4 is 5.32 Å². The highest BCUT2D eigenvalue weighted by Gasteiger charge is 2.39. The van der Waals surface area contributed by atoms with Crippen LogP contribution in [-0.4, -0.2) is 22.2 Å². The van der Waals surface area contributed by atoms with Gasteiger partial charge in [0.2, 0.25) is 5.89 Å². The number of aromatic nitrogens is 2. The monoisotopic (exact) mass is 193 g/mol. The maximum absolute atomic E-state index is 5.26. The quantitative estimate of drug-likeness (QED) is 0.732. The van der Waals surface area contributed by atoms with Gasteiger partial charge in [0, 0.05) is 12.1 Å². The van der Waals surface area contributed by atoms with Gasteiger partial charge in [-0.15, -0.1) is 0 Å². The van der Waals surface area contributed by atoms with Crippen molar-refractivity contribution in [2.75, 3.05) is 0 Å². The molecule has 3 atom stereocenters. The molecule has 0 radical (unpaired) electrons. The van der Waals surface area contributed by atoms with Gasteiger partial charge in [-0.3, -0.25) is 0 Å². The molecule has 0 unspecified atom stereocenters. The molecule has 3 rings (SSSR count). The van der Waals surface area contributed by atoms with E-state index in [1.165, 1.54) is 25.7 Å². The number of nitrogens with one attached hydrogen (secondary N) is 1. The Morgan fingerprint density at radius 1 is 1.43 bits per heavy atom. The zero-order valence-electron chi connectivity index (χ0n) is 8.36. The van der Waals surface area contributed by atoms with Gasteiger partial charge in [0.15, 0.2) is 5.82 Å². The highest BCUT2D eigenvalue weighted by atomic mass is 16.5. The van der Waals surface area contributed by atoms with E-state index in [-0.39, 0.29) is 0 Å². The van der Waals surface area contributed by atoms with Crippen molar-refractivity contribution in [3.05, 3.63) is 11.7 Å². The Bertz CT molecular complexity index is 336. The number of hydrogen-bond donors (Lipinski definition) is 1. The van der Waals surface area contributed by atoms with E-state index in [9.17, 15) is 0 Å². The van der Waals surface area contributed by atoms with E-state index >= 15 is 0 Å². The summed E-state index contributed by atoms with van der Waals surface area (Å²) in [6.45, 7) is 1.88. The van der Waals surface area contributed by atoms with Crippen LogP contribution >= 0.6 is 0 Å². The minimum atomic E-state index is 0.462. The van der Waals surface area contributed by atoms with Crippen LogP contribution in [0.25, 0.3) is 0 Å². The van der Waals surface area contributed by atoms with Crippen LogP contribution in [0.3, 0.4) is 0 Å². The van der Waals surface area contributed by atoms with Gasteiger partial charge >= 0.3 is 0 Å². The third kappa shape index (κ3) is 1.25. The Kier molecular flexibility index (Phi) is 1.83. The first-order valence-corrected chi connectivity index (χ1v) is 5.39. The molecule has 1 aromatic rings. The first kappa shape index (κ1) is 8.41. The average molecular weight is 193 g/mol. The first-order chi connectivity index (χ1) is 6.83. The standard InChI is InChI=1S/C10H15N3O/c1-6-11-10(14-13-6)8-5-7-3-2-4-9(8)12-7/h7-9,12H,2-5H2,1H3/t7-,8-,9+/m0/s1. The van der Waals surface area contributed by atoms with Gasteiger partial charge in [0.1, 0.15) is 0 Å². The minimum Gasteiger partial charge on any atom is -0.339 e. The van der Waals surface area contributed by atoms with E-state index in [1.807, 2.05) is 6.92 Å². The molecule has 3 heterocycles. The molecule has 14 heavy (non-hydrogen) atoms. The molecular formula is C10H15N3O. The Morgan fingerprint density at radius 3 is 3.07 bits per heavy atom. The normalized spacial score (nSPS) is 36.2. The lowest BCUT2D eigenvalue weighted by molar-refractivity contribution is 0.329. The highest BCUT2D eigenvalue weighted by molar-refractivity contribution is 5.07. The Hall–Kier alpha value is -0.900. The fraction of sp³-hybridized carbons (Fsp3) is 0.800. The first-order valence-electron chi connectivity index (χ1n) is 5.39. The predicted molar refractivity (Wildman–Crippen MR) is 51.0 cm³/mol. The molecule has 2 fully saturated rings. The summed E-state index contributed by atoms with van der Waals surface area (Å²) in [4.78, 5) is 4.34. The van der Waals surface area contributed by atoms with Crippen LogP contribution in [-0.2, 0) is 0 Å². The van der Waals surface area contributed by atoms with Crippen molar-refractivity contribution in [1.82, 2.24) is 15.5 Å². The summed E-state index contributed by atoms with van der Waals surface area (Å²) < 4.78 is 5.26. The second-order valence-corrected chi connectivity index (χ2v) is 4.42. The van der Waals surface area contributed by atoms with Gasteiger partial charge in [-0.05, 0) is 26.2 Å². The summed E-state index contributed by atoms with van der Waals surface area (Å²) in [5, 5.41) is 7.48. The van der Waals surface area contributed by atoms with Crippen molar-refractivity contribution in [3.8, 4) is 0 Å². The zero-order valence-corrected chi connectivity index (χ0v) is 8.36. The van der Waals surface area contributed by atoms with E-state index in [0.717, 1.165) is 11.7 Å². The van der Waals surface area contributed by atoms with Crippen LogP contribution in [0, 0.1) is 6.92 Å². The summed E-state index contributed by atoms with van der Waals surface area (Å²) in [6, 6.07) is 1.26. The van der Waals surface area contributed by atoms with Crippen molar-refractivity contribution in [3.63, 3.8) is 0 Å². The van der Waals surface area contributed by atoms with E-state index in [1.54, 1.807) is 0 Å². The van der Waals surface area contributed by atoms with Gasteiger partial charge in [-0.2, -0.15) is 4.98 Å². The van der Waals surface area contributed by atoms with Crippen molar-refractivity contribution in [1.29, 1.82) is 0 Å². The molecule has 76 valence electrons. The smallest absolute Gasteiger partial charge is 0.231 e. The lowest BCUT2D eigenvalue weighted by Gasteiger charge is -2.21. The summed E-state index contributed by atoms with van der Waals surface area (Å²) in [5.41, 5.74) is 0. The fourth-order valence-corrected chi connectivity index (χ4v) is 2.76. The molecule has 4 heteroatoms. The average Bonchev–Trinajstić information content (AvgIpc) is 2.71. The van der Waals surface area contributed by atoms with Gasteiger partial charge in [-0.1, -0.05) is 11.6 Å². The molecule has 0 spiro atoms. The molecule has 1 N–H and O–H groups in total. The largest absolute Gasteiger partial charge is 0.339 e. The van der Waals surface area contributed by atoms with E-state index in [0.29, 0.717) is 18.0 Å². The molecule has 0 saturated carbocycles. The van der Waals surface area contributed by atoms with Crippen molar-refractivity contribution in [2.24, 2.45) is 0 Å². The summed E-state index contributed by atoms with van der Waals surface area (Å²) in [5.74, 6) is 2.05. The SMILES string of the molecule is Cc1noc([C@H]2C[C@@H]3CCC[C@H]2N3)n1. The van der Waals surface area contributed by atoms with E-state index in [4.69, 9.17) is 4.52 Å². The number of piperidine rings is 1. The Balaban J connectivity index is 1.85. The van der Waals surface area contributed by atoms with E-state index in [2.05, 4.69) is 15.5 Å². The fourth-order valence-electron chi connectivity index (χ4n) is 2.76. The number of nitrogens with zero attached hydrogens (tertiary/aromatic N) is 2. The number of fused-ring (bicyclic) bond motifs is 2. The molecule has 0 aliphatic carbocycles. The van der Waals surface area contributed by atoms with Crippen LogP contribution in [0.2, 0.25) is 0 Å². The van der Waals surface area contributed by atoms with Crippen LogP contribution in [0.4, 0.5) is 0 Å². The molecule has 2 bridgehead atoms.